The van der Waals surface area contributed by atoms with E-state index in [0.717, 1.165) is 22.4 Å². The Labute approximate surface area is 127 Å². The lowest BCUT2D eigenvalue weighted by Crippen LogP contribution is -2.15. The van der Waals surface area contributed by atoms with Crippen LogP contribution >= 0.6 is 0 Å². The summed E-state index contributed by atoms with van der Waals surface area (Å²) in [6, 6.07) is 14.4. The van der Waals surface area contributed by atoms with Crippen LogP contribution in [0.2, 0.25) is 0 Å². The van der Waals surface area contributed by atoms with E-state index in [2.05, 4.69) is 64.2 Å². The highest BCUT2D eigenvalue weighted by molar-refractivity contribution is 6.06. The van der Waals surface area contributed by atoms with Gasteiger partial charge in [-0.2, -0.15) is 0 Å². The molecule has 2 N–H and O–H groups in total. The van der Waals surface area contributed by atoms with Crippen LogP contribution in [-0.4, -0.2) is 5.84 Å². The van der Waals surface area contributed by atoms with Crippen molar-refractivity contribution in [2.45, 2.75) is 40.0 Å². The summed E-state index contributed by atoms with van der Waals surface area (Å²) in [4.78, 5) is 0. The van der Waals surface area contributed by atoms with E-state index in [-0.39, 0.29) is 5.41 Å². The molecule has 0 fully saturated rings. The Hall–Kier alpha value is -2.09. The van der Waals surface area contributed by atoms with Crippen LogP contribution in [0.25, 0.3) is 0 Å². The first-order valence-corrected chi connectivity index (χ1v) is 7.32. The van der Waals surface area contributed by atoms with Gasteiger partial charge in [0.1, 0.15) is 5.84 Å². The highest BCUT2D eigenvalue weighted by Gasteiger charge is 2.14. The van der Waals surface area contributed by atoms with Crippen molar-refractivity contribution in [1.29, 1.82) is 5.41 Å². The molecule has 0 aliphatic carbocycles. The van der Waals surface area contributed by atoms with Crippen LogP contribution in [0.4, 0.5) is 5.69 Å². The van der Waals surface area contributed by atoms with Gasteiger partial charge < -0.3 is 5.32 Å². The second-order valence-corrected chi connectivity index (χ2v) is 6.59. The van der Waals surface area contributed by atoms with Gasteiger partial charge in [-0.05, 0) is 36.0 Å². The number of para-hydroxylation sites is 1. The summed E-state index contributed by atoms with van der Waals surface area (Å²) in [7, 11) is 0. The van der Waals surface area contributed by atoms with Crippen LogP contribution in [0.5, 0.6) is 0 Å². The molecule has 0 saturated heterocycles. The Morgan fingerprint density at radius 2 is 1.43 bits per heavy atom. The van der Waals surface area contributed by atoms with Gasteiger partial charge in [0.2, 0.25) is 0 Å². The quantitative estimate of drug-likeness (QED) is 0.587. The topological polar surface area (TPSA) is 35.9 Å². The monoisotopic (exact) mass is 280 g/mol. The van der Waals surface area contributed by atoms with E-state index in [4.69, 9.17) is 5.41 Å². The molecule has 0 atom stereocenters. The Balaban J connectivity index is 2.21. The van der Waals surface area contributed by atoms with Crippen LogP contribution in [0.1, 0.15) is 43.0 Å². The van der Waals surface area contributed by atoms with Gasteiger partial charge in [-0.25, -0.2) is 0 Å². The first kappa shape index (κ1) is 15.3. The lowest BCUT2D eigenvalue weighted by Gasteiger charge is -2.19. The average Bonchev–Trinajstić information content (AvgIpc) is 2.42. The van der Waals surface area contributed by atoms with Crippen LogP contribution in [0.3, 0.4) is 0 Å². The molecule has 21 heavy (non-hydrogen) atoms. The lowest BCUT2D eigenvalue weighted by atomic mass is 9.86. The van der Waals surface area contributed by atoms with Crippen molar-refractivity contribution in [2.24, 2.45) is 0 Å². The largest absolute Gasteiger partial charge is 0.340 e. The fraction of sp³-hybridized carbons (Fsp3) is 0.316. The zero-order valence-electron chi connectivity index (χ0n) is 13.5. The zero-order valence-corrected chi connectivity index (χ0v) is 13.5. The maximum Gasteiger partial charge on any atom is 0.129 e. The summed E-state index contributed by atoms with van der Waals surface area (Å²) >= 11 is 0. The summed E-state index contributed by atoms with van der Waals surface area (Å²) in [5.41, 5.74) is 5.68. The van der Waals surface area contributed by atoms with Gasteiger partial charge in [-0.1, -0.05) is 63.2 Å². The molecular weight excluding hydrogens is 256 g/mol. The number of nitrogens with one attached hydrogen (secondary N) is 2. The van der Waals surface area contributed by atoms with E-state index in [0.29, 0.717) is 5.84 Å². The standard InChI is InChI=1S/C19H24N2/c1-13-7-6-8-14(2)17(13)21-18(20)15-9-11-16(12-10-15)19(3,4)5/h6-12H,1-5H3,(H2,20,21). The van der Waals surface area contributed by atoms with E-state index < -0.39 is 0 Å². The van der Waals surface area contributed by atoms with Crippen molar-refractivity contribution in [3.8, 4) is 0 Å². The minimum atomic E-state index is 0.140. The molecule has 0 bridgehead atoms. The second kappa shape index (κ2) is 5.72. The predicted octanol–water partition coefficient (Wildman–Crippen LogP) is 5.04. The van der Waals surface area contributed by atoms with Gasteiger partial charge in [0, 0.05) is 11.3 Å². The van der Waals surface area contributed by atoms with Crippen LogP contribution in [0, 0.1) is 19.3 Å². The first-order chi connectivity index (χ1) is 9.79. The van der Waals surface area contributed by atoms with E-state index >= 15 is 0 Å². The molecule has 0 aliphatic rings. The molecule has 2 aromatic rings. The molecule has 2 rings (SSSR count). The Morgan fingerprint density at radius 1 is 0.905 bits per heavy atom. The van der Waals surface area contributed by atoms with Gasteiger partial charge >= 0.3 is 0 Å². The van der Waals surface area contributed by atoms with Crippen molar-refractivity contribution in [3.05, 3.63) is 64.7 Å². The first-order valence-electron chi connectivity index (χ1n) is 7.32. The van der Waals surface area contributed by atoms with Gasteiger partial charge in [0.05, 0.1) is 0 Å². The lowest BCUT2D eigenvalue weighted by molar-refractivity contribution is 0.590. The minimum absolute atomic E-state index is 0.140. The third-order valence-electron chi connectivity index (χ3n) is 3.77. The van der Waals surface area contributed by atoms with Crippen molar-refractivity contribution in [2.75, 3.05) is 5.32 Å². The number of rotatable bonds is 2. The van der Waals surface area contributed by atoms with Crippen molar-refractivity contribution in [1.82, 2.24) is 0 Å². The van der Waals surface area contributed by atoms with Gasteiger partial charge in [0.15, 0.2) is 0 Å². The molecule has 110 valence electrons. The molecule has 0 aliphatic heterocycles. The molecule has 0 amide bonds. The Kier molecular flexibility index (Phi) is 4.17. The number of hydrogen-bond donors (Lipinski definition) is 2. The minimum Gasteiger partial charge on any atom is -0.340 e. The summed E-state index contributed by atoms with van der Waals surface area (Å²) in [5, 5.41) is 11.5. The van der Waals surface area contributed by atoms with E-state index in [1.165, 1.54) is 5.56 Å². The number of amidine groups is 1. The SMILES string of the molecule is Cc1cccc(C)c1NC(=N)c1ccc(C(C)(C)C)cc1. The second-order valence-electron chi connectivity index (χ2n) is 6.59. The van der Waals surface area contributed by atoms with E-state index in [9.17, 15) is 0 Å². The third kappa shape index (κ3) is 3.52. The molecule has 2 nitrogen and oxygen atoms in total. The average molecular weight is 280 g/mol. The number of benzene rings is 2. The van der Waals surface area contributed by atoms with Crippen LogP contribution in [-0.2, 0) is 5.41 Å². The van der Waals surface area contributed by atoms with Gasteiger partial charge in [-0.15, -0.1) is 0 Å². The molecule has 0 saturated carbocycles. The maximum atomic E-state index is 8.28. The number of anilines is 1. The van der Waals surface area contributed by atoms with Gasteiger partial charge in [0.25, 0.3) is 0 Å². The molecule has 0 spiro atoms. The summed E-state index contributed by atoms with van der Waals surface area (Å²) in [6.07, 6.45) is 0. The predicted molar refractivity (Wildman–Crippen MR) is 91.5 cm³/mol. The Morgan fingerprint density at radius 3 is 1.90 bits per heavy atom. The van der Waals surface area contributed by atoms with Gasteiger partial charge in [-0.3, -0.25) is 5.41 Å². The molecule has 2 aromatic carbocycles. The zero-order chi connectivity index (χ0) is 15.6. The fourth-order valence-electron chi connectivity index (χ4n) is 2.35. The summed E-state index contributed by atoms with van der Waals surface area (Å²) in [6.45, 7) is 10.7. The van der Waals surface area contributed by atoms with E-state index in [1.807, 2.05) is 18.2 Å². The molecule has 2 heteroatoms. The summed E-state index contributed by atoms with van der Waals surface area (Å²) in [5.74, 6) is 0.438. The molecule has 0 aromatic heterocycles. The normalized spacial score (nSPS) is 11.3. The molecule has 0 unspecified atom stereocenters. The maximum absolute atomic E-state index is 8.28. The van der Waals surface area contributed by atoms with Crippen LogP contribution in [0.15, 0.2) is 42.5 Å². The molecule has 0 radical (unpaired) electrons. The number of hydrogen-bond acceptors (Lipinski definition) is 1. The fourth-order valence-corrected chi connectivity index (χ4v) is 2.35. The van der Waals surface area contributed by atoms with Crippen LogP contribution < -0.4 is 5.32 Å². The Bertz CT molecular complexity index is 626. The van der Waals surface area contributed by atoms with Crippen molar-refractivity contribution < 1.29 is 0 Å². The highest BCUT2D eigenvalue weighted by atomic mass is 14.9. The van der Waals surface area contributed by atoms with Crippen molar-refractivity contribution in [3.63, 3.8) is 0 Å². The smallest absolute Gasteiger partial charge is 0.129 e. The molecule has 0 heterocycles. The number of aryl methyl sites for hydroxylation is 2. The molecular formula is C19H24N2. The van der Waals surface area contributed by atoms with E-state index in [1.54, 1.807) is 0 Å². The summed E-state index contributed by atoms with van der Waals surface area (Å²) < 4.78 is 0. The van der Waals surface area contributed by atoms with Crippen molar-refractivity contribution >= 4 is 11.5 Å². The third-order valence-corrected chi connectivity index (χ3v) is 3.77. The highest BCUT2D eigenvalue weighted by Crippen LogP contribution is 2.23.